The number of ether oxygens (including phenoxy) is 1. The van der Waals surface area contributed by atoms with Crippen LogP contribution in [0.15, 0.2) is 30.3 Å². The van der Waals surface area contributed by atoms with E-state index in [2.05, 4.69) is 16.0 Å². The maximum atomic E-state index is 14.6. The van der Waals surface area contributed by atoms with Crippen molar-refractivity contribution in [3.8, 4) is 0 Å². The number of alkyl halides is 3. The van der Waals surface area contributed by atoms with Gasteiger partial charge in [0.05, 0.1) is 11.5 Å². The summed E-state index contributed by atoms with van der Waals surface area (Å²) in [7, 11) is 0. The second-order valence-electron chi connectivity index (χ2n) is 14.2. The second kappa shape index (κ2) is 15.2. The highest BCUT2D eigenvalue weighted by molar-refractivity contribution is 6.37. The van der Waals surface area contributed by atoms with Gasteiger partial charge in [0.2, 0.25) is 17.6 Å². The van der Waals surface area contributed by atoms with Crippen LogP contribution in [0.4, 0.5) is 18.0 Å². The van der Waals surface area contributed by atoms with E-state index in [1.165, 1.54) is 0 Å². The Hall–Kier alpha value is -4.17. The number of urea groups is 1. The highest BCUT2D eigenvalue weighted by atomic mass is 19.4. The number of esters is 1. The predicted molar refractivity (Wildman–Crippen MR) is 170 cm³/mol. The molecule has 2 aliphatic carbocycles. The summed E-state index contributed by atoms with van der Waals surface area (Å²) in [6, 6.07) is 1.72. The third-order valence-electron chi connectivity index (χ3n) is 9.85. The first-order valence-electron chi connectivity index (χ1n) is 16.8. The van der Waals surface area contributed by atoms with E-state index in [0.717, 1.165) is 17.7 Å². The molecule has 15 heteroatoms. The zero-order valence-electron chi connectivity index (χ0n) is 28.2. The van der Waals surface area contributed by atoms with E-state index in [-0.39, 0.29) is 37.8 Å². The van der Waals surface area contributed by atoms with E-state index in [9.17, 15) is 41.9 Å². The van der Waals surface area contributed by atoms with Crippen LogP contribution in [0, 0.1) is 29.1 Å². The van der Waals surface area contributed by atoms with Crippen LogP contribution in [-0.2, 0) is 35.3 Å². The number of halogens is 3. The maximum absolute atomic E-state index is 14.6. The average Bonchev–Trinajstić information content (AvgIpc) is 3.97. The van der Waals surface area contributed by atoms with E-state index >= 15 is 0 Å². The van der Waals surface area contributed by atoms with Gasteiger partial charge < -0.3 is 31.3 Å². The van der Waals surface area contributed by atoms with Crippen molar-refractivity contribution in [3.05, 3.63) is 35.9 Å². The molecule has 5 amide bonds. The van der Waals surface area contributed by atoms with Gasteiger partial charge in [-0.1, -0.05) is 70.9 Å². The highest BCUT2D eigenvalue weighted by Gasteiger charge is 2.70. The normalized spacial score (nSPS) is 21.8. The fourth-order valence-corrected chi connectivity index (χ4v) is 6.55. The molecular formula is C34H46F3N5O7. The summed E-state index contributed by atoms with van der Waals surface area (Å²) in [6.45, 7) is 6.68. The minimum absolute atomic E-state index is 0.0784. The largest absolute Gasteiger partial charge is 0.459 e. The SMILES string of the molecule is CC(C)[C@H](NC(=O)N[C@H](C(=O)N1CC[C@H](C(C)C)[C@H]1C(=O)NC(CC1CC1)C(=O)C(N)=O)C1(C(F)(F)F)CC1)C(=O)OCc1ccccc1. The number of hydrogen-bond acceptors (Lipinski definition) is 7. The van der Waals surface area contributed by atoms with E-state index in [4.69, 9.17) is 10.5 Å². The number of nitrogens with one attached hydrogen (secondary N) is 3. The van der Waals surface area contributed by atoms with Gasteiger partial charge >= 0.3 is 18.2 Å². The molecule has 4 rings (SSSR count). The third kappa shape index (κ3) is 8.90. The van der Waals surface area contributed by atoms with Crippen LogP contribution in [-0.4, -0.2) is 77.3 Å². The van der Waals surface area contributed by atoms with Gasteiger partial charge in [-0.2, -0.15) is 13.2 Å². The van der Waals surface area contributed by atoms with Crippen molar-refractivity contribution in [2.45, 2.75) is 103 Å². The van der Waals surface area contributed by atoms with Crippen LogP contribution in [0.2, 0.25) is 0 Å². The number of Topliss-reactive ketones (excluding diaryl/α,β-unsaturated/α-hetero) is 1. The molecular weight excluding hydrogens is 647 g/mol. The van der Waals surface area contributed by atoms with Crippen molar-refractivity contribution in [2.75, 3.05) is 6.54 Å². The molecule has 49 heavy (non-hydrogen) atoms. The first-order chi connectivity index (χ1) is 23.0. The van der Waals surface area contributed by atoms with E-state index in [1.54, 1.807) is 58.0 Å². The Morgan fingerprint density at radius 1 is 0.959 bits per heavy atom. The number of amides is 5. The molecule has 270 valence electrons. The van der Waals surface area contributed by atoms with E-state index in [1.807, 2.05) is 0 Å². The summed E-state index contributed by atoms with van der Waals surface area (Å²) in [6.07, 6.45) is -3.70. The third-order valence-corrected chi connectivity index (χ3v) is 9.85. The molecule has 12 nitrogen and oxygen atoms in total. The first-order valence-corrected chi connectivity index (χ1v) is 16.8. The van der Waals surface area contributed by atoms with Crippen molar-refractivity contribution in [1.29, 1.82) is 0 Å². The topological polar surface area (TPSA) is 177 Å². The Labute approximate surface area is 283 Å². The molecule has 0 aromatic heterocycles. The molecule has 3 fully saturated rings. The summed E-state index contributed by atoms with van der Waals surface area (Å²) in [4.78, 5) is 79.6. The lowest BCUT2D eigenvalue weighted by Gasteiger charge is -2.36. The van der Waals surface area contributed by atoms with Crippen LogP contribution in [0.3, 0.4) is 0 Å². The van der Waals surface area contributed by atoms with Crippen LogP contribution in [0.25, 0.3) is 0 Å². The summed E-state index contributed by atoms with van der Waals surface area (Å²) >= 11 is 0. The zero-order chi connectivity index (χ0) is 36.3. The van der Waals surface area contributed by atoms with E-state index in [0.29, 0.717) is 5.56 Å². The fraction of sp³-hybridized carbons (Fsp3) is 0.647. The van der Waals surface area contributed by atoms with Crippen molar-refractivity contribution in [3.63, 3.8) is 0 Å². The van der Waals surface area contributed by atoms with Crippen molar-refractivity contribution >= 4 is 35.5 Å². The number of likely N-dealkylation sites (tertiary alicyclic amines) is 1. The lowest BCUT2D eigenvalue weighted by molar-refractivity contribution is -0.198. The molecule has 1 aromatic carbocycles. The number of carbonyl (C=O) groups excluding carboxylic acids is 6. The molecule has 5 N–H and O–H groups in total. The van der Waals surface area contributed by atoms with Crippen molar-refractivity contribution in [2.24, 2.45) is 34.8 Å². The first kappa shape index (κ1) is 37.6. The maximum Gasteiger partial charge on any atom is 0.396 e. The smallest absolute Gasteiger partial charge is 0.396 e. The van der Waals surface area contributed by atoms with Crippen LogP contribution < -0.4 is 21.7 Å². The number of carbonyl (C=O) groups is 6. The number of primary amides is 1. The molecule has 5 atom stereocenters. The number of hydrogen-bond donors (Lipinski definition) is 4. The molecule has 1 saturated heterocycles. The van der Waals surface area contributed by atoms with Gasteiger partial charge in [-0.3, -0.25) is 19.2 Å². The summed E-state index contributed by atoms with van der Waals surface area (Å²) in [5, 5.41) is 7.17. The molecule has 0 spiro atoms. The Kier molecular flexibility index (Phi) is 11.6. The van der Waals surface area contributed by atoms with Gasteiger partial charge in [-0.05, 0) is 54.9 Å². The van der Waals surface area contributed by atoms with Gasteiger partial charge in [0.15, 0.2) is 0 Å². The number of benzene rings is 1. The van der Waals surface area contributed by atoms with Crippen LogP contribution in [0.5, 0.6) is 0 Å². The van der Waals surface area contributed by atoms with Crippen molar-refractivity contribution in [1.82, 2.24) is 20.9 Å². The molecule has 2 saturated carbocycles. The van der Waals surface area contributed by atoms with Gasteiger partial charge in [0.25, 0.3) is 5.91 Å². The predicted octanol–water partition coefficient (Wildman–Crippen LogP) is 2.98. The minimum atomic E-state index is -4.88. The average molecular weight is 694 g/mol. The second-order valence-corrected chi connectivity index (χ2v) is 14.2. The molecule has 1 unspecified atom stereocenters. The summed E-state index contributed by atoms with van der Waals surface area (Å²) in [5.74, 6) is -6.03. The molecule has 1 aromatic rings. The Morgan fingerprint density at radius 2 is 1.59 bits per heavy atom. The summed E-state index contributed by atoms with van der Waals surface area (Å²) < 4.78 is 49.1. The van der Waals surface area contributed by atoms with E-state index < -0.39 is 95.9 Å². The monoisotopic (exact) mass is 693 g/mol. The molecule has 3 aliphatic rings. The quantitative estimate of drug-likeness (QED) is 0.161. The van der Waals surface area contributed by atoms with Crippen LogP contribution in [0.1, 0.15) is 71.8 Å². The van der Waals surface area contributed by atoms with Gasteiger partial charge in [-0.25, -0.2) is 9.59 Å². The number of ketones is 1. The van der Waals surface area contributed by atoms with Gasteiger partial charge in [-0.15, -0.1) is 0 Å². The zero-order valence-corrected chi connectivity index (χ0v) is 28.2. The standard InChI is InChI=1S/C34H46F3N5O7/c1-18(2)22-12-15-42(25(22)29(45)39-23(16-20-10-11-20)26(43)28(38)44)30(46)27(33(13-14-33)34(35,36)37)41-32(48)40-24(19(3)4)31(47)49-17-21-8-6-5-7-9-21/h5-9,18-20,22-25,27H,10-17H2,1-4H3,(H2,38,44)(H,39,45)(H2,40,41,48)/t22-,23?,24+,25+,27-/m1/s1. The summed E-state index contributed by atoms with van der Waals surface area (Å²) in [5.41, 5.74) is 3.33. The van der Waals surface area contributed by atoms with Crippen molar-refractivity contribution < 1.29 is 46.7 Å². The fourth-order valence-electron chi connectivity index (χ4n) is 6.55. The number of rotatable bonds is 15. The van der Waals surface area contributed by atoms with Crippen LogP contribution >= 0.6 is 0 Å². The molecule has 1 heterocycles. The van der Waals surface area contributed by atoms with Gasteiger partial charge in [0.1, 0.15) is 24.7 Å². The minimum Gasteiger partial charge on any atom is -0.459 e. The number of nitrogens with zero attached hydrogens (tertiary/aromatic N) is 1. The lowest BCUT2D eigenvalue weighted by Crippen LogP contribution is -2.63. The Morgan fingerprint density at radius 3 is 2.10 bits per heavy atom. The lowest BCUT2D eigenvalue weighted by atomic mass is 9.87. The molecule has 1 aliphatic heterocycles. The Balaban J connectivity index is 1.56. The molecule has 0 bridgehead atoms. The molecule has 0 radical (unpaired) electrons. The highest BCUT2D eigenvalue weighted by Crippen LogP contribution is 2.60. The van der Waals surface area contributed by atoms with Gasteiger partial charge in [0, 0.05) is 6.54 Å². The number of nitrogens with two attached hydrogens (primary N) is 1. The Bertz CT molecular complexity index is 1410.